The van der Waals surface area contributed by atoms with E-state index in [2.05, 4.69) is 10.3 Å². The van der Waals surface area contributed by atoms with Crippen molar-refractivity contribution in [1.29, 1.82) is 0 Å². The Bertz CT molecular complexity index is 1590. The molecule has 0 spiro atoms. The molecule has 4 aromatic rings. The Morgan fingerprint density at radius 2 is 1.62 bits per heavy atom. The van der Waals surface area contributed by atoms with Crippen molar-refractivity contribution in [3.05, 3.63) is 77.9 Å². The number of carbonyl (C=O) groups is 1. The second-order valence-electron chi connectivity index (χ2n) is 8.52. The fourth-order valence-corrected chi connectivity index (χ4v) is 5.52. The lowest BCUT2D eigenvalue weighted by molar-refractivity contribution is -0.116. The number of carbonyl (C=O) groups excluding carboxylic acids is 1. The molecule has 0 saturated heterocycles. The topological polar surface area (TPSA) is 112 Å². The van der Waals surface area contributed by atoms with Crippen LogP contribution in [0.2, 0.25) is 5.02 Å². The molecule has 1 heterocycles. The number of imidazole rings is 1. The van der Waals surface area contributed by atoms with Gasteiger partial charge in [-0.1, -0.05) is 30.7 Å². The van der Waals surface area contributed by atoms with E-state index in [1.807, 2.05) is 12.1 Å². The van der Waals surface area contributed by atoms with Crippen LogP contribution in [-0.2, 0) is 14.8 Å². The summed E-state index contributed by atoms with van der Waals surface area (Å²) in [5.41, 5.74) is 1.98. The van der Waals surface area contributed by atoms with E-state index >= 15 is 0 Å². The van der Waals surface area contributed by atoms with Crippen molar-refractivity contribution in [3.63, 3.8) is 0 Å². The summed E-state index contributed by atoms with van der Waals surface area (Å²) >= 11 is 6.05. The number of aromatic nitrogens is 2. The quantitative estimate of drug-likeness (QED) is 0.268. The largest absolute Gasteiger partial charge is 0.497 e. The lowest BCUT2D eigenvalue weighted by Gasteiger charge is -2.20. The van der Waals surface area contributed by atoms with Crippen molar-refractivity contribution in [2.45, 2.75) is 11.8 Å². The van der Waals surface area contributed by atoms with E-state index in [4.69, 9.17) is 25.8 Å². The fraction of sp³-hybridized carbons (Fsp3) is 0.214. The molecule has 40 heavy (non-hydrogen) atoms. The van der Waals surface area contributed by atoms with E-state index in [-0.39, 0.29) is 17.4 Å². The Labute approximate surface area is 238 Å². The second kappa shape index (κ2) is 12.4. The minimum atomic E-state index is -3.94. The molecule has 210 valence electrons. The molecule has 12 heteroatoms. The van der Waals surface area contributed by atoms with Crippen LogP contribution in [0, 0.1) is 0 Å². The highest BCUT2D eigenvalue weighted by atomic mass is 35.5. The summed E-state index contributed by atoms with van der Waals surface area (Å²) in [7, 11) is 0.627. The van der Waals surface area contributed by atoms with Gasteiger partial charge in [0.2, 0.25) is 21.9 Å². The Balaban J connectivity index is 1.66. The standard InChI is InChI=1S/C28H29ClN4O6S/c1-5-32(40(35,36)23-13-11-22(37-2)12-14-23)18-27(34)31-28-30-24(19-6-8-20(29)9-7-19)17-33(28)21-10-15-25(38-3)26(16-21)39-4/h6-17H,5,18H2,1-4H3,(H,30,31,34). The molecule has 0 unspecified atom stereocenters. The van der Waals surface area contributed by atoms with Crippen molar-refractivity contribution >= 4 is 33.5 Å². The van der Waals surface area contributed by atoms with Gasteiger partial charge in [0.05, 0.1) is 44.2 Å². The van der Waals surface area contributed by atoms with E-state index in [1.54, 1.807) is 67.3 Å². The number of anilines is 1. The molecule has 0 atom stereocenters. The number of rotatable bonds is 11. The van der Waals surface area contributed by atoms with Crippen LogP contribution >= 0.6 is 11.6 Å². The minimum absolute atomic E-state index is 0.0554. The highest BCUT2D eigenvalue weighted by Crippen LogP contribution is 2.32. The molecule has 0 aliphatic rings. The number of methoxy groups -OCH3 is 3. The van der Waals surface area contributed by atoms with Gasteiger partial charge in [-0.2, -0.15) is 4.31 Å². The number of halogens is 1. The van der Waals surface area contributed by atoms with Crippen LogP contribution in [0.3, 0.4) is 0 Å². The number of nitrogens with one attached hydrogen (secondary N) is 1. The number of nitrogens with zero attached hydrogens (tertiary/aromatic N) is 3. The Morgan fingerprint density at radius 1 is 0.950 bits per heavy atom. The number of hydrogen-bond acceptors (Lipinski definition) is 7. The number of amides is 1. The van der Waals surface area contributed by atoms with Crippen LogP contribution in [0.5, 0.6) is 17.2 Å². The van der Waals surface area contributed by atoms with Crippen LogP contribution < -0.4 is 19.5 Å². The summed E-state index contributed by atoms with van der Waals surface area (Å²) in [6, 6.07) is 18.4. The second-order valence-corrected chi connectivity index (χ2v) is 10.9. The van der Waals surface area contributed by atoms with Crippen molar-refractivity contribution in [2.75, 3.05) is 39.7 Å². The number of benzene rings is 3. The lowest BCUT2D eigenvalue weighted by Crippen LogP contribution is -2.38. The molecule has 0 radical (unpaired) electrons. The van der Waals surface area contributed by atoms with Crippen molar-refractivity contribution < 1.29 is 27.4 Å². The van der Waals surface area contributed by atoms with E-state index in [9.17, 15) is 13.2 Å². The van der Waals surface area contributed by atoms with E-state index in [0.29, 0.717) is 33.7 Å². The highest BCUT2D eigenvalue weighted by Gasteiger charge is 2.26. The minimum Gasteiger partial charge on any atom is -0.497 e. The van der Waals surface area contributed by atoms with Gasteiger partial charge in [0.15, 0.2) is 11.5 Å². The first kappa shape index (κ1) is 28.9. The summed E-state index contributed by atoms with van der Waals surface area (Å²) in [4.78, 5) is 17.9. The lowest BCUT2D eigenvalue weighted by atomic mass is 10.2. The summed E-state index contributed by atoms with van der Waals surface area (Å²) in [5.74, 6) is 1.19. The van der Waals surface area contributed by atoms with Gasteiger partial charge >= 0.3 is 0 Å². The van der Waals surface area contributed by atoms with Gasteiger partial charge in [-0.3, -0.25) is 14.7 Å². The van der Waals surface area contributed by atoms with Gasteiger partial charge in [0.25, 0.3) is 0 Å². The van der Waals surface area contributed by atoms with Crippen molar-refractivity contribution in [1.82, 2.24) is 13.9 Å². The van der Waals surface area contributed by atoms with Gasteiger partial charge in [-0.15, -0.1) is 0 Å². The maximum absolute atomic E-state index is 13.2. The molecular formula is C28H29ClN4O6S. The van der Waals surface area contributed by atoms with Gasteiger partial charge in [0.1, 0.15) is 5.75 Å². The first-order valence-electron chi connectivity index (χ1n) is 12.2. The van der Waals surface area contributed by atoms with Gasteiger partial charge < -0.3 is 14.2 Å². The maximum atomic E-state index is 13.2. The Hall–Kier alpha value is -4.06. The molecule has 10 nitrogen and oxygen atoms in total. The summed E-state index contributed by atoms with van der Waals surface area (Å²) < 4.78 is 45.1. The first-order valence-corrected chi connectivity index (χ1v) is 14.0. The molecule has 0 aliphatic heterocycles. The number of likely N-dealkylation sites (N-methyl/N-ethyl adjacent to an activating group) is 1. The Kier molecular flexibility index (Phi) is 8.98. The predicted octanol–water partition coefficient (Wildman–Crippen LogP) is 4.87. The van der Waals surface area contributed by atoms with Crippen LogP contribution in [0.4, 0.5) is 5.95 Å². The maximum Gasteiger partial charge on any atom is 0.243 e. The molecular weight excluding hydrogens is 556 g/mol. The molecule has 0 aliphatic carbocycles. The SMILES string of the molecule is CCN(CC(=O)Nc1nc(-c2ccc(Cl)cc2)cn1-c1ccc(OC)c(OC)c1)S(=O)(=O)c1ccc(OC)cc1. The average molecular weight is 585 g/mol. The molecule has 4 rings (SSSR count). The normalized spacial score (nSPS) is 11.3. The number of hydrogen-bond donors (Lipinski definition) is 1. The first-order chi connectivity index (χ1) is 19.2. The molecule has 0 fully saturated rings. The van der Waals surface area contributed by atoms with Crippen molar-refractivity contribution in [3.8, 4) is 34.2 Å². The molecule has 1 N–H and O–H groups in total. The Morgan fingerprint density at radius 3 is 2.23 bits per heavy atom. The van der Waals surface area contributed by atoms with Crippen LogP contribution in [0.15, 0.2) is 77.8 Å². The van der Waals surface area contributed by atoms with Crippen LogP contribution in [0.25, 0.3) is 16.9 Å². The van der Waals surface area contributed by atoms with Crippen molar-refractivity contribution in [2.24, 2.45) is 0 Å². The number of ether oxygens (including phenoxy) is 3. The van der Waals surface area contributed by atoms with Gasteiger partial charge in [-0.25, -0.2) is 13.4 Å². The van der Waals surface area contributed by atoms with Gasteiger partial charge in [-0.05, 0) is 48.5 Å². The smallest absolute Gasteiger partial charge is 0.243 e. The molecule has 0 bridgehead atoms. The highest BCUT2D eigenvalue weighted by molar-refractivity contribution is 7.89. The third-order valence-corrected chi connectivity index (χ3v) is 8.30. The number of sulfonamides is 1. The van der Waals surface area contributed by atoms with E-state index in [1.165, 1.54) is 26.4 Å². The fourth-order valence-electron chi connectivity index (χ4n) is 3.99. The predicted molar refractivity (Wildman–Crippen MR) is 153 cm³/mol. The molecule has 1 amide bonds. The third-order valence-electron chi connectivity index (χ3n) is 6.11. The van der Waals surface area contributed by atoms with E-state index < -0.39 is 22.5 Å². The summed E-state index contributed by atoms with van der Waals surface area (Å²) in [6.07, 6.45) is 1.76. The molecule has 0 saturated carbocycles. The average Bonchev–Trinajstić information content (AvgIpc) is 3.39. The molecule has 1 aromatic heterocycles. The summed E-state index contributed by atoms with van der Waals surface area (Å²) in [5, 5.41) is 3.35. The van der Waals surface area contributed by atoms with Crippen LogP contribution in [0.1, 0.15) is 6.92 Å². The molecule has 3 aromatic carbocycles. The third kappa shape index (κ3) is 6.22. The zero-order valence-corrected chi connectivity index (χ0v) is 24.0. The van der Waals surface area contributed by atoms with Gasteiger partial charge in [0, 0.05) is 29.4 Å². The summed E-state index contributed by atoms with van der Waals surface area (Å²) in [6.45, 7) is 1.33. The van der Waals surface area contributed by atoms with Crippen LogP contribution in [-0.4, -0.2) is 62.6 Å². The zero-order valence-electron chi connectivity index (χ0n) is 22.4. The monoisotopic (exact) mass is 584 g/mol. The van der Waals surface area contributed by atoms with E-state index in [0.717, 1.165) is 9.87 Å². The zero-order chi connectivity index (χ0) is 28.9.